The summed E-state index contributed by atoms with van der Waals surface area (Å²) in [6.07, 6.45) is 5.99. The van der Waals surface area contributed by atoms with E-state index in [0.717, 1.165) is 38.5 Å². The van der Waals surface area contributed by atoms with Crippen LogP contribution in [-0.2, 0) is 4.74 Å². The molecule has 126 valence electrons. The summed E-state index contributed by atoms with van der Waals surface area (Å²) in [5, 5.41) is 21.0. The van der Waals surface area contributed by atoms with Crippen molar-refractivity contribution in [2.75, 3.05) is 13.2 Å². The molecule has 0 heterocycles. The van der Waals surface area contributed by atoms with Crippen LogP contribution in [0.25, 0.3) is 0 Å². The van der Waals surface area contributed by atoms with E-state index in [1.54, 1.807) is 0 Å². The predicted octanol–water partition coefficient (Wildman–Crippen LogP) is 3.03. The minimum Gasteiger partial charge on any atom is -0.393 e. The van der Waals surface area contributed by atoms with Crippen molar-refractivity contribution in [3.63, 3.8) is 0 Å². The lowest BCUT2D eigenvalue weighted by atomic mass is 9.49. The number of rotatable bonds is 4. The second kappa shape index (κ2) is 5.17. The molecule has 3 aliphatic rings. The zero-order valence-electron chi connectivity index (χ0n) is 14.0. The molecule has 1 spiro atoms. The van der Waals surface area contributed by atoms with Gasteiger partial charge < -0.3 is 9.84 Å². The summed E-state index contributed by atoms with van der Waals surface area (Å²) >= 11 is 0. The number of nitrogens with zero attached hydrogens (tertiary/aromatic N) is 1. The van der Waals surface area contributed by atoms with Crippen LogP contribution in [0.5, 0.6) is 0 Å². The third-order valence-electron chi connectivity index (χ3n) is 7.01. The lowest BCUT2D eigenvalue weighted by molar-refractivity contribution is -0.484. The van der Waals surface area contributed by atoms with Crippen molar-refractivity contribution in [1.29, 1.82) is 0 Å². The Morgan fingerprint density at radius 1 is 1.27 bits per heavy atom. The molecule has 0 unspecified atom stereocenters. The molecule has 0 aromatic heterocycles. The van der Waals surface area contributed by atoms with Gasteiger partial charge in [0.2, 0.25) is 6.54 Å². The molecule has 22 heavy (non-hydrogen) atoms. The van der Waals surface area contributed by atoms with Gasteiger partial charge in [-0.1, -0.05) is 20.8 Å². The van der Waals surface area contributed by atoms with E-state index in [1.807, 2.05) is 0 Å². The summed E-state index contributed by atoms with van der Waals surface area (Å²) in [6, 6.07) is 0. The summed E-state index contributed by atoms with van der Waals surface area (Å²) in [4.78, 5) is 10.3. The van der Waals surface area contributed by atoms with Crippen molar-refractivity contribution in [2.45, 2.75) is 71.5 Å². The van der Waals surface area contributed by atoms with Crippen molar-refractivity contribution in [3.05, 3.63) is 10.1 Å². The molecule has 2 bridgehead atoms. The van der Waals surface area contributed by atoms with Crippen LogP contribution < -0.4 is 0 Å². The summed E-state index contributed by atoms with van der Waals surface area (Å²) in [5.41, 5.74) is 0.342. The minimum atomic E-state index is -0.301. The highest BCUT2D eigenvalue weighted by Gasteiger charge is 2.65. The molecule has 0 amide bonds. The van der Waals surface area contributed by atoms with Crippen molar-refractivity contribution >= 4 is 0 Å². The van der Waals surface area contributed by atoms with Crippen molar-refractivity contribution < 1.29 is 14.8 Å². The highest BCUT2D eigenvalue weighted by atomic mass is 16.6. The average Bonchev–Trinajstić information content (AvgIpc) is 2.61. The largest absolute Gasteiger partial charge is 0.393 e. The van der Waals surface area contributed by atoms with Gasteiger partial charge in [-0.05, 0) is 55.3 Å². The van der Waals surface area contributed by atoms with E-state index >= 15 is 0 Å². The molecule has 3 rings (SSSR count). The number of aliphatic hydroxyl groups excluding tert-OH is 1. The van der Waals surface area contributed by atoms with E-state index in [0.29, 0.717) is 5.92 Å². The van der Waals surface area contributed by atoms with Crippen LogP contribution in [-0.4, -0.2) is 35.4 Å². The van der Waals surface area contributed by atoms with Gasteiger partial charge in [-0.25, -0.2) is 0 Å². The Morgan fingerprint density at radius 2 is 2.00 bits per heavy atom. The second-order valence-corrected chi connectivity index (χ2v) is 8.82. The molecular weight excluding hydrogens is 282 g/mol. The number of nitro groups is 1. The third kappa shape index (κ3) is 2.37. The predicted molar refractivity (Wildman–Crippen MR) is 83.1 cm³/mol. The monoisotopic (exact) mass is 311 g/mol. The Balaban J connectivity index is 1.84. The first-order valence-electron chi connectivity index (χ1n) is 8.61. The topological polar surface area (TPSA) is 72.6 Å². The van der Waals surface area contributed by atoms with Crippen LogP contribution >= 0.6 is 0 Å². The lowest BCUT2D eigenvalue weighted by Gasteiger charge is -2.57. The molecule has 0 aromatic carbocycles. The molecule has 3 aliphatic carbocycles. The van der Waals surface area contributed by atoms with E-state index in [9.17, 15) is 15.2 Å². The first-order valence-corrected chi connectivity index (χ1v) is 8.61. The number of ether oxygens (including phenoxy) is 1. The smallest absolute Gasteiger partial charge is 0.226 e. The standard InChI is InChI=1S/C17H29NO4/c1-15(2)10-14(22-9-8-18(20)21)17-7-5-13(19)16(3,11-17)6-4-12(15)17/h12-14,19H,4-11H2,1-3H3/t12-,13+,14-,16+,17-/m0/s1. The van der Waals surface area contributed by atoms with Gasteiger partial charge in [-0.3, -0.25) is 10.1 Å². The molecule has 5 atom stereocenters. The second-order valence-electron chi connectivity index (χ2n) is 8.82. The van der Waals surface area contributed by atoms with Crippen molar-refractivity contribution in [3.8, 4) is 0 Å². The molecule has 3 saturated carbocycles. The minimum absolute atomic E-state index is 0.000116. The molecule has 0 aliphatic heterocycles. The van der Waals surface area contributed by atoms with E-state index in [4.69, 9.17) is 4.74 Å². The van der Waals surface area contributed by atoms with Crippen LogP contribution in [0.1, 0.15) is 59.3 Å². The molecular formula is C17H29NO4. The maximum atomic E-state index is 10.6. The summed E-state index contributed by atoms with van der Waals surface area (Å²) < 4.78 is 6.05. The first-order chi connectivity index (χ1) is 10.2. The van der Waals surface area contributed by atoms with Crippen LogP contribution in [0.3, 0.4) is 0 Å². The van der Waals surface area contributed by atoms with E-state index in [-0.39, 0.29) is 46.5 Å². The third-order valence-corrected chi connectivity index (χ3v) is 7.01. The van der Waals surface area contributed by atoms with Gasteiger partial charge in [0, 0.05) is 10.3 Å². The molecule has 5 nitrogen and oxygen atoms in total. The highest BCUT2D eigenvalue weighted by Crippen LogP contribution is 2.69. The molecule has 0 aromatic rings. The van der Waals surface area contributed by atoms with Gasteiger partial charge in [-0.2, -0.15) is 0 Å². The van der Waals surface area contributed by atoms with Crippen LogP contribution in [0.15, 0.2) is 0 Å². The molecule has 5 heteroatoms. The molecule has 1 N–H and O–H groups in total. The average molecular weight is 311 g/mol. The number of fused-ring (bicyclic) bond motifs is 1. The Kier molecular flexibility index (Phi) is 3.80. The number of hydrogen-bond donors (Lipinski definition) is 1. The van der Waals surface area contributed by atoms with Gasteiger partial charge in [0.25, 0.3) is 0 Å². The maximum absolute atomic E-state index is 10.6. The number of hydrogen-bond acceptors (Lipinski definition) is 4. The summed E-state index contributed by atoms with van der Waals surface area (Å²) in [7, 11) is 0. The zero-order valence-corrected chi connectivity index (χ0v) is 14.0. The Morgan fingerprint density at radius 3 is 2.68 bits per heavy atom. The van der Waals surface area contributed by atoms with Gasteiger partial charge in [-0.15, -0.1) is 0 Å². The van der Waals surface area contributed by atoms with Crippen molar-refractivity contribution in [1.82, 2.24) is 0 Å². The normalized spacial score (nSPS) is 46.3. The molecule has 0 saturated heterocycles. The maximum Gasteiger partial charge on any atom is 0.226 e. The fourth-order valence-electron chi connectivity index (χ4n) is 6.01. The van der Waals surface area contributed by atoms with Gasteiger partial charge >= 0.3 is 0 Å². The van der Waals surface area contributed by atoms with Crippen LogP contribution in [0, 0.1) is 32.3 Å². The van der Waals surface area contributed by atoms with E-state index in [1.165, 1.54) is 0 Å². The summed E-state index contributed by atoms with van der Waals surface area (Å²) in [5.74, 6) is 0.612. The van der Waals surface area contributed by atoms with E-state index in [2.05, 4.69) is 20.8 Å². The molecule has 3 fully saturated rings. The van der Waals surface area contributed by atoms with Gasteiger partial charge in [0.1, 0.15) is 6.61 Å². The Bertz CT molecular complexity index is 466. The van der Waals surface area contributed by atoms with Crippen LogP contribution in [0.2, 0.25) is 0 Å². The molecule has 0 radical (unpaired) electrons. The quantitative estimate of drug-likeness (QED) is 0.640. The zero-order chi connectivity index (χ0) is 16.2. The van der Waals surface area contributed by atoms with Gasteiger partial charge in [0.05, 0.1) is 12.2 Å². The highest BCUT2D eigenvalue weighted by molar-refractivity contribution is 5.14. The fraction of sp³-hybridized carbons (Fsp3) is 1.00. The Hall–Kier alpha value is -0.680. The van der Waals surface area contributed by atoms with Crippen LogP contribution in [0.4, 0.5) is 0 Å². The van der Waals surface area contributed by atoms with E-state index < -0.39 is 0 Å². The summed E-state index contributed by atoms with van der Waals surface area (Å²) in [6.45, 7) is 6.96. The number of aliphatic hydroxyl groups is 1. The van der Waals surface area contributed by atoms with Gasteiger partial charge in [0.15, 0.2) is 0 Å². The lowest BCUT2D eigenvalue weighted by Crippen LogP contribution is -2.54. The fourth-order valence-corrected chi connectivity index (χ4v) is 6.01. The van der Waals surface area contributed by atoms with Crippen molar-refractivity contribution in [2.24, 2.45) is 22.2 Å². The Labute approximate surface area is 132 Å². The SMILES string of the molecule is CC1(C)C[C@H](OCC[N+](=O)[O-])[C@]23CC[C@@H](O)[C@](C)(CC[C@@H]12)C3. The first kappa shape index (κ1) is 16.2.